The summed E-state index contributed by atoms with van der Waals surface area (Å²) in [4.78, 5) is 0. The van der Waals surface area contributed by atoms with Crippen LogP contribution in [0.2, 0.25) is 0 Å². The summed E-state index contributed by atoms with van der Waals surface area (Å²) in [5.41, 5.74) is 0.396. The first-order valence-corrected chi connectivity index (χ1v) is 7.64. The number of rotatable bonds is 7. The Morgan fingerprint density at radius 1 is 1.10 bits per heavy atom. The molecule has 3 nitrogen and oxygen atoms in total. The Bertz CT molecular complexity index is 591. The van der Waals surface area contributed by atoms with E-state index in [-0.39, 0.29) is 0 Å². The van der Waals surface area contributed by atoms with E-state index in [0.29, 0.717) is 19.4 Å². The molecule has 2 N–H and O–H groups in total. The number of nitrogens with one attached hydrogen (secondary N) is 1. The first-order valence-electron chi connectivity index (χ1n) is 7.64. The molecule has 0 atom stereocenters. The molecule has 114 valence electrons. The maximum Gasteiger partial charge on any atom is 0.124 e. The Kier molecular flexibility index (Phi) is 5.21. The first-order chi connectivity index (χ1) is 10.1. The molecule has 3 heteroatoms. The van der Waals surface area contributed by atoms with Gasteiger partial charge in [0.15, 0.2) is 0 Å². The van der Waals surface area contributed by atoms with Crippen LogP contribution in [0.1, 0.15) is 32.3 Å². The second kappa shape index (κ2) is 6.92. The predicted molar refractivity (Wildman–Crippen MR) is 87.7 cm³/mol. The number of hydrogen-bond acceptors (Lipinski definition) is 3. The van der Waals surface area contributed by atoms with Gasteiger partial charge in [-0.2, -0.15) is 0 Å². The average Bonchev–Trinajstić information content (AvgIpc) is 2.54. The van der Waals surface area contributed by atoms with Gasteiger partial charge in [0.25, 0.3) is 0 Å². The molecule has 0 saturated carbocycles. The van der Waals surface area contributed by atoms with Gasteiger partial charge in [0.05, 0.1) is 5.60 Å². The third-order valence-corrected chi connectivity index (χ3v) is 4.16. The fourth-order valence-electron chi connectivity index (χ4n) is 2.48. The lowest BCUT2D eigenvalue weighted by Crippen LogP contribution is -2.34. The summed E-state index contributed by atoms with van der Waals surface area (Å²) in [6.07, 6.45) is 1.39. The molecule has 2 aromatic rings. The van der Waals surface area contributed by atoms with Crippen LogP contribution in [0.25, 0.3) is 10.8 Å². The second-order valence-electron chi connectivity index (χ2n) is 5.51. The van der Waals surface area contributed by atoms with Crippen LogP contribution >= 0.6 is 0 Å². The lowest BCUT2D eigenvalue weighted by atomic mass is 9.98. The Hall–Kier alpha value is -1.58. The molecule has 0 fully saturated rings. The third kappa shape index (κ3) is 3.55. The summed E-state index contributed by atoms with van der Waals surface area (Å²) < 4.78 is 5.95. The van der Waals surface area contributed by atoms with Crippen molar-refractivity contribution in [1.29, 1.82) is 0 Å². The fourth-order valence-corrected chi connectivity index (χ4v) is 2.48. The zero-order chi connectivity index (χ0) is 15.3. The van der Waals surface area contributed by atoms with Crippen molar-refractivity contribution >= 4 is 10.8 Å². The fraction of sp³-hybridized carbons (Fsp3) is 0.444. The molecule has 0 amide bonds. The molecule has 0 aliphatic heterocycles. The summed E-state index contributed by atoms with van der Waals surface area (Å²) in [5, 5.41) is 16.0. The van der Waals surface area contributed by atoms with Crippen LogP contribution < -0.4 is 10.1 Å². The van der Waals surface area contributed by atoms with Crippen LogP contribution in [0.4, 0.5) is 0 Å². The van der Waals surface area contributed by atoms with E-state index in [0.717, 1.165) is 17.9 Å². The highest BCUT2D eigenvalue weighted by Gasteiger charge is 2.23. The number of benzene rings is 2. The summed E-state index contributed by atoms with van der Waals surface area (Å²) in [6, 6.07) is 12.4. The van der Waals surface area contributed by atoms with Crippen molar-refractivity contribution in [2.75, 3.05) is 13.7 Å². The molecule has 0 aliphatic rings. The SMILES string of the molecule is CCC(O)(CC)COc1ccc2ccccc2c1CNC. The maximum absolute atomic E-state index is 10.4. The van der Waals surface area contributed by atoms with Gasteiger partial charge in [0.1, 0.15) is 12.4 Å². The standard InChI is InChI=1S/C18H25NO2/c1-4-18(20,5-2)13-21-17-11-10-14-8-6-7-9-15(14)16(17)12-19-3/h6-11,19-20H,4-5,12-13H2,1-3H3. The van der Waals surface area contributed by atoms with E-state index in [1.165, 1.54) is 10.8 Å². The van der Waals surface area contributed by atoms with Gasteiger partial charge >= 0.3 is 0 Å². The molecular weight excluding hydrogens is 262 g/mol. The highest BCUT2D eigenvalue weighted by atomic mass is 16.5. The monoisotopic (exact) mass is 287 g/mol. The first kappa shape index (κ1) is 15.8. The van der Waals surface area contributed by atoms with E-state index in [2.05, 4.69) is 23.5 Å². The van der Waals surface area contributed by atoms with Gasteiger partial charge in [-0.25, -0.2) is 0 Å². The molecule has 0 bridgehead atoms. The molecule has 0 unspecified atom stereocenters. The molecule has 0 heterocycles. The van der Waals surface area contributed by atoms with Crippen molar-refractivity contribution in [3.05, 3.63) is 42.0 Å². The zero-order valence-electron chi connectivity index (χ0n) is 13.1. The maximum atomic E-state index is 10.4. The van der Waals surface area contributed by atoms with Crippen LogP contribution in [0.3, 0.4) is 0 Å². The average molecular weight is 287 g/mol. The van der Waals surface area contributed by atoms with Crippen molar-refractivity contribution in [3.8, 4) is 5.75 Å². The molecule has 0 aromatic heterocycles. The molecule has 0 radical (unpaired) electrons. The minimum atomic E-state index is -0.747. The quantitative estimate of drug-likeness (QED) is 0.819. The second-order valence-corrected chi connectivity index (χ2v) is 5.51. The lowest BCUT2D eigenvalue weighted by molar-refractivity contribution is -0.0115. The van der Waals surface area contributed by atoms with Crippen LogP contribution in [-0.2, 0) is 6.54 Å². The van der Waals surface area contributed by atoms with E-state index in [4.69, 9.17) is 4.74 Å². The van der Waals surface area contributed by atoms with Crippen molar-refractivity contribution in [1.82, 2.24) is 5.32 Å². The van der Waals surface area contributed by atoms with Gasteiger partial charge < -0.3 is 15.2 Å². The third-order valence-electron chi connectivity index (χ3n) is 4.16. The van der Waals surface area contributed by atoms with E-state index >= 15 is 0 Å². The van der Waals surface area contributed by atoms with Gasteiger partial charge in [-0.3, -0.25) is 0 Å². The van der Waals surface area contributed by atoms with E-state index < -0.39 is 5.60 Å². The minimum Gasteiger partial charge on any atom is -0.490 e. The highest BCUT2D eigenvalue weighted by molar-refractivity contribution is 5.87. The number of aliphatic hydroxyl groups is 1. The lowest BCUT2D eigenvalue weighted by Gasteiger charge is -2.26. The zero-order valence-corrected chi connectivity index (χ0v) is 13.1. The van der Waals surface area contributed by atoms with Crippen molar-refractivity contribution in [2.45, 2.75) is 38.8 Å². The predicted octanol–water partition coefficient (Wildman–Crippen LogP) is 3.49. The molecule has 0 spiro atoms. The van der Waals surface area contributed by atoms with Gasteiger partial charge in [0, 0.05) is 12.1 Å². The van der Waals surface area contributed by atoms with Crippen LogP contribution in [-0.4, -0.2) is 24.4 Å². The van der Waals surface area contributed by atoms with Crippen LogP contribution in [0.15, 0.2) is 36.4 Å². The summed E-state index contributed by atoms with van der Waals surface area (Å²) in [7, 11) is 1.93. The normalized spacial score (nSPS) is 11.8. The van der Waals surface area contributed by atoms with Gasteiger partial charge in [-0.05, 0) is 36.7 Å². The Labute approximate surface area is 126 Å². The molecule has 21 heavy (non-hydrogen) atoms. The number of ether oxygens (including phenoxy) is 1. The molecular formula is C18H25NO2. The van der Waals surface area contributed by atoms with E-state index in [9.17, 15) is 5.11 Å². The Morgan fingerprint density at radius 2 is 1.81 bits per heavy atom. The van der Waals surface area contributed by atoms with Crippen LogP contribution in [0.5, 0.6) is 5.75 Å². The smallest absolute Gasteiger partial charge is 0.124 e. The van der Waals surface area contributed by atoms with Gasteiger partial charge in [-0.15, -0.1) is 0 Å². The highest BCUT2D eigenvalue weighted by Crippen LogP contribution is 2.29. The number of fused-ring (bicyclic) bond motifs is 1. The van der Waals surface area contributed by atoms with Crippen molar-refractivity contribution in [3.63, 3.8) is 0 Å². The van der Waals surface area contributed by atoms with Crippen molar-refractivity contribution < 1.29 is 9.84 Å². The number of hydrogen-bond donors (Lipinski definition) is 2. The van der Waals surface area contributed by atoms with Crippen LogP contribution in [0, 0.1) is 0 Å². The topological polar surface area (TPSA) is 41.5 Å². The molecule has 2 rings (SSSR count). The van der Waals surface area contributed by atoms with Crippen molar-refractivity contribution in [2.24, 2.45) is 0 Å². The Balaban J connectivity index is 2.32. The van der Waals surface area contributed by atoms with Gasteiger partial charge in [0.2, 0.25) is 0 Å². The molecule has 0 aliphatic carbocycles. The largest absolute Gasteiger partial charge is 0.490 e. The van der Waals surface area contributed by atoms with E-state index in [1.807, 2.05) is 39.1 Å². The summed E-state index contributed by atoms with van der Waals surface area (Å²) in [5.74, 6) is 0.850. The summed E-state index contributed by atoms with van der Waals surface area (Å²) >= 11 is 0. The Morgan fingerprint density at radius 3 is 2.48 bits per heavy atom. The molecule has 0 saturated heterocycles. The van der Waals surface area contributed by atoms with Gasteiger partial charge in [-0.1, -0.05) is 44.2 Å². The minimum absolute atomic E-state index is 0.328. The summed E-state index contributed by atoms with van der Waals surface area (Å²) in [6.45, 7) is 5.05. The molecule has 2 aromatic carbocycles. The van der Waals surface area contributed by atoms with E-state index in [1.54, 1.807) is 0 Å².